The summed E-state index contributed by atoms with van der Waals surface area (Å²) < 4.78 is 7.76. The minimum Gasteiger partial charge on any atom is -0.373 e. The first kappa shape index (κ1) is 14.1. The van der Waals surface area contributed by atoms with Crippen LogP contribution in [0.15, 0.2) is 6.20 Å². The number of hydrogen-bond acceptors (Lipinski definition) is 4. The Morgan fingerprint density at radius 2 is 2.00 bits per heavy atom. The predicted octanol–water partition coefficient (Wildman–Crippen LogP) is 1.89. The van der Waals surface area contributed by atoms with Crippen LogP contribution in [0.3, 0.4) is 0 Å². The number of rotatable bonds is 7. The lowest BCUT2D eigenvalue weighted by Gasteiger charge is -2.37. The third-order valence-corrected chi connectivity index (χ3v) is 3.46. The number of nitrogens with zero attached hydrogens (tertiary/aromatic N) is 3. The van der Waals surface area contributed by atoms with Crippen LogP contribution < -0.4 is 5.73 Å². The third kappa shape index (κ3) is 2.66. The lowest BCUT2D eigenvalue weighted by atomic mass is 9.87. The standard InChI is InChI=1S/C12H24N4O/c1-5-12(6-2,17-8-4)11(13)10-9-14-15-16(10)7-3/h9,11H,5-8,13H2,1-4H3. The van der Waals surface area contributed by atoms with E-state index in [4.69, 9.17) is 10.5 Å². The summed E-state index contributed by atoms with van der Waals surface area (Å²) in [5.74, 6) is 0. The summed E-state index contributed by atoms with van der Waals surface area (Å²) in [5.41, 5.74) is 7.01. The molecule has 17 heavy (non-hydrogen) atoms. The first-order valence-corrected chi connectivity index (χ1v) is 6.43. The molecule has 1 unspecified atom stereocenters. The van der Waals surface area contributed by atoms with E-state index in [0.29, 0.717) is 6.61 Å². The number of ether oxygens (including phenoxy) is 1. The van der Waals surface area contributed by atoms with Crippen LogP contribution in [0.5, 0.6) is 0 Å². The molecule has 0 saturated carbocycles. The minimum absolute atomic E-state index is 0.188. The van der Waals surface area contributed by atoms with Crippen molar-refractivity contribution in [3.63, 3.8) is 0 Å². The van der Waals surface area contributed by atoms with Gasteiger partial charge in [0.2, 0.25) is 0 Å². The van der Waals surface area contributed by atoms with E-state index in [1.54, 1.807) is 6.20 Å². The zero-order valence-electron chi connectivity index (χ0n) is 11.3. The highest BCUT2D eigenvalue weighted by Crippen LogP contribution is 2.33. The summed E-state index contributed by atoms with van der Waals surface area (Å²) in [6.07, 6.45) is 3.51. The molecular formula is C12H24N4O. The molecule has 0 fully saturated rings. The lowest BCUT2D eigenvalue weighted by molar-refractivity contribution is -0.0662. The highest BCUT2D eigenvalue weighted by Gasteiger charge is 2.37. The Kier molecular flexibility index (Phi) is 5.08. The summed E-state index contributed by atoms with van der Waals surface area (Å²) in [6, 6.07) is -0.188. The van der Waals surface area contributed by atoms with Crippen LogP contribution in [-0.2, 0) is 11.3 Å². The van der Waals surface area contributed by atoms with Gasteiger partial charge in [0.1, 0.15) is 0 Å². The van der Waals surface area contributed by atoms with Crippen molar-refractivity contribution in [3.05, 3.63) is 11.9 Å². The Balaban J connectivity index is 3.02. The average Bonchev–Trinajstić information content (AvgIpc) is 2.83. The van der Waals surface area contributed by atoms with Crippen molar-refractivity contribution < 1.29 is 4.74 Å². The SMILES string of the molecule is CCOC(CC)(CC)C(N)c1cnnn1CC. The minimum atomic E-state index is -0.316. The third-order valence-electron chi connectivity index (χ3n) is 3.46. The maximum Gasteiger partial charge on any atom is 0.0884 e. The van der Waals surface area contributed by atoms with E-state index in [2.05, 4.69) is 24.2 Å². The first-order valence-electron chi connectivity index (χ1n) is 6.43. The van der Waals surface area contributed by atoms with Crippen molar-refractivity contribution in [1.82, 2.24) is 15.0 Å². The molecule has 0 aliphatic heterocycles. The molecule has 0 bridgehead atoms. The van der Waals surface area contributed by atoms with Gasteiger partial charge in [-0.05, 0) is 26.7 Å². The van der Waals surface area contributed by atoms with Crippen molar-refractivity contribution in [3.8, 4) is 0 Å². The summed E-state index contributed by atoms with van der Waals surface area (Å²) in [4.78, 5) is 0. The van der Waals surface area contributed by atoms with E-state index in [1.165, 1.54) is 0 Å². The fourth-order valence-corrected chi connectivity index (χ4v) is 2.29. The molecule has 0 saturated heterocycles. The lowest BCUT2D eigenvalue weighted by Crippen LogP contribution is -2.44. The second-order valence-electron chi connectivity index (χ2n) is 4.16. The molecule has 0 amide bonds. The van der Waals surface area contributed by atoms with Crippen LogP contribution in [0.1, 0.15) is 52.3 Å². The fraction of sp³-hybridized carbons (Fsp3) is 0.833. The molecule has 1 atom stereocenters. The molecule has 0 radical (unpaired) electrons. The van der Waals surface area contributed by atoms with Gasteiger partial charge in [-0.3, -0.25) is 0 Å². The van der Waals surface area contributed by atoms with E-state index in [1.807, 2.05) is 18.5 Å². The second kappa shape index (κ2) is 6.12. The van der Waals surface area contributed by atoms with E-state index in [-0.39, 0.29) is 11.6 Å². The van der Waals surface area contributed by atoms with E-state index < -0.39 is 0 Å². The second-order valence-corrected chi connectivity index (χ2v) is 4.16. The van der Waals surface area contributed by atoms with Crippen molar-refractivity contribution in [1.29, 1.82) is 0 Å². The van der Waals surface area contributed by atoms with Gasteiger partial charge in [-0.1, -0.05) is 19.1 Å². The van der Waals surface area contributed by atoms with E-state index in [0.717, 1.165) is 25.1 Å². The quantitative estimate of drug-likeness (QED) is 0.790. The predicted molar refractivity (Wildman–Crippen MR) is 67.6 cm³/mol. The summed E-state index contributed by atoms with van der Waals surface area (Å²) >= 11 is 0. The molecule has 5 nitrogen and oxygen atoms in total. The molecule has 0 spiro atoms. The van der Waals surface area contributed by atoms with Crippen molar-refractivity contribution in [2.75, 3.05) is 6.61 Å². The largest absolute Gasteiger partial charge is 0.373 e. The maximum absolute atomic E-state index is 6.38. The van der Waals surface area contributed by atoms with Gasteiger partial charge in [0, 0.05) is 13.2 Å². The van der Waals surface area contributed by atoms with Gasteiger partial charge in [-0.2, -0.15) is 0 Å². The number of aryl methyl sites for hydroxylation is 1. The van der Waals surface area contributed by atoms with Gasteiger partial charge < -0.3 is 10.5 Å². The zero-order chi connectivity index (χ0) is 12.9. The average molecular weight is 240 g/mol. The molecule has 5 heteroatoms. The summed E-state index contributed by atoms with van der Waals surface area (Å²) in [5, 5.41) is 7.96. The fourth-order valence-electron chi connectivity index (χ4n) is 2.29. The molecule has 1 heterocycles. The van der Waals surface area contributed by atoms with Crippen LogP contribution in [0, 0.1) is 0 Å². The first-order chi connectivity index (χ1) is 8.15. The van der Waals surface area contributed by atoms with Crippen LogP contribution >= 0.6 is 0 Å². The van der Waals surface area contributed by atoms with E-state index in [9.17, 15) is 0 Å². The molecular weight excluding hydrogens is 216 g/mol. The maximum atomic E-state index is 6.38. The van der Waals surface area contributed by atoms with Gasteiger partial charge in [0.15, 0.2) is 0 Å². The van der Waals surface area contributed by atoms with Gasteiger partial charge in [-0.25, -0.2) is 4.68 Å². The van der Waals surface area contributed by atoms with Crippen molar-refractivity contribution in [2.24, 2.45) is 5.73 Å². The van der Waals surface area contributed by atoms with Gasteiger partial charge in [0.05, 0.1) is 23.5 Å². The molecule has 0 aliphatic carbocycles. The molecule has 98 valence electrons. The molecule has 1 aromatic rings. The molecule has 0 aliphatic rings. The summed E-state index contributed by atoms with van der Waals surface area (Å²) in [7, 11) is 0. The highest BCUT2D eigenvalue weighted by molar-refractivity contribution is 5.09. The molecule has 1 rings (SSSR count). The Hall–Kier alpha value is -0.940. The van der Waals surface area contributed by atoms with Crippen LogP contribution in [-0.4, -0.2) is 27.2 Å². The topological polar surface area (TPSA) is 66.0 Å². The Morgan fingerprint density at radius 3 is 2.47 bits per heavy atom. The van der Waals surface area contributed by atoms with Crippen LogP contribution in [0.4, 0.5) is 0 Å². The van der Waals surface area contributed by atoms with Gasteiger partial charge in [0.25, 0.3) is 0 Å². The summed E-state index contributed by atoms with van der Waals surface area (Å²) in [6.45, 7) is 9.70. The number of nitrogens with two attached hydrogens (primary N) is 1. The monoisotopic (exact) mass is 240 g/mol. The number of hydrogen-bond donors (Lipinski definition) is 1. The Labute approximate surface area is 103 Å². The molecule has 2 N–H and O–H groups in total. The molecule has 1 aromatic heterocycles. The van der Waals surface area contributed by atoms with Crippen molar-refractivity contribution in [2.45, 2.75) is 58.7 Å². The Bertz CT molecular complexity index is 333. The molecule has 0 aromatic carbocycles. The van der Waals surface area contributed by atoms with Crippen LogP contribution in [0.2, 0.25) is 0 Å². The Morgan fingerprint density at radius 1 is 1.35 bits per heavy atom. The zero-order valence-corrected chi connectivity index (χ0v) is 11.3. The van der Waals surface area contributed by atoms with Crippen molar-refractivity contribution >= 4 is 0 Å². The van der Waals surface area contributed by atoms with Crippen LogP contribution in [0.25, 0.3) is 0 Å². The smallest absolute Gasteiger partial charge is 0.0884 e. The number of aromatic nitrogens is 3. The highest BCUT2D eigenvalue weighted by atomic mass is 16.5. The van der Waals surface area contributed by atoms with Gasteiger partial charge >= 0.3 is 0 Å². The normalized spacial score (nSPS) is 13.9. The van der Waals surface area contributed by atoms with Gasteiger partial charge in [-0.15, -0.1) is 5.10 Å². The van der Waals surface area contributed by atoms with E-state index >= 15 is 0 Å².